The Balaban J connectivity index is 1.59. The van der Waals surface area contributed by atoms with Gasteiger partial charge in [-0.25, -0.2) is 4.98 Å². The van der Waals surface area contributed by atoms with E-state index in [1.165, 1.54) is 4.57 Å². The molecule has 5 rings (SSSR count). The molecule has 6 atom stereocenters. The molecule has 14 heteroatoms. The molecular formula is C28H41N5O9. The lowest BCUT2D eigenvalue weighted by Gasteiger charge is -2.31. The molecule has 0 aromatic carbocycles. The predicted octanol–water partition coefficient (Wildman–Crippen LogP) is 2.46. The molecule has 42 heavy (non-hydrogen) atoms. The zero-order valence-electron chi connectivity index (χ0n) is 24.6. The van der Waals surface area contributed by atoms with Crippen LogP contribution in [0.3, 0.4) is 0 Å². The van der Waals surface area contributed by atoms with Gasteiger partial charge in [-0.05, 0) is 38.5 Å². The first-order chi connectivity index (χ1) is 20.1. The standard InChI is InChI=1S/C28H41N5O9/c1-14(2)20(34)24-30-19-23(31-28(29)32-25(19)35)33(24)26-22(42-27(36)15(3)4)21(41-18-10-6-8-12-38-18)16(40-26)13-39-17-9-5-7-11-37-17/h14-18,21-22,26H,5-13H2,1-4H3,(H3,29,31,32,35)/t16-,17?,18?,21-,22+,26?/m1/s1. The highest BCUT2D eigenvalue weighted by molar-refractivity contribution is 5.97. The number of esters is 1. The van der Waals surface area contributed by atoms with Crippen LogP contribution in [0.5, 0.6) is 0 Å². The van der Waals surface area contributed by atoms with Crippen LogP contribution in [0.4, 0.5) is 5.95 Å². The third kappa shape index (κ3) is 6.52. The summed E-state index contributed by atoms with van der Waals surface area (Å²) in [6.07, 6.45) is 0.423. The van der Waals surface area contributed by atoms with E-state index in [-0.39, 0.29) is 35.3 Å². The van der Waals surface area contributed by atoms with Crippen LogP contribution in [-0.4, -0.2) is 82.0 Å². The van der Waals surface area contributed by atoms with Crippen LogP contribution in [-0.2, 0) is 33.2 Å². The highest BCUT2D eigenvalue weighted by atomic mass is 16.7. The fourth-order valence-corrected chi connectivity index (χ4v) is 5.32. The molecular weight excluding hydrogens is 550 g/mol. The number of carbonyl (C=O) groups excluding carboxylic acids is 2. The molecule has 3 saturated heterocycles. The van der Waals surface area contributed by atoms with Crippen LogP contribution >= 0.6 is 0 Å². The number of imidazole rings is 1. The maximum absolute atomic E-state index is 13.4. The van der Waals surface area contributed by atoms with Gasteiger partial charge in [0, 0.05) is 19.1 Å². The quantitative estimate of drug-likeness (QED) is 0.305. The monoisotopic (exact) mass is 591 g/mol. The van der Waals surface area contributed by atoms with Crippen LogP contribution < -0.4 is 11.3 Å². The molecule has 0 spiro atoms. The average Bonchev–Trinajstić information content (AvgIpc) is 3.50. The van der Waals surface area contributed by atoms with E-state index in [2.05, 4.69) is 15.0 Å². The summed E-state index contributed by atoms with van der Waals surface area (Å²) in [4.78, 5) is 50.4. The number of rotatable bonds is 10. The highest BCUT2D eigenvalue weighted by Gasteiger charge is 2.52. The van der Waals surface area contributed by atoms with Crippen LogP contribution in [0.2, 0.25) is 0 Å². The molecule has 0 amide bonds. The lowest BCUT2D eigenvalue weighted by molar-refractivity contribution is -0.226. The van der Waals surface area contributed by atoms with Crippen molar-refractivity contribution in [2.75, 3.05) is 25.6 Å². The maximum Gasteiger partial charge on any atom is 0.308 e. The number of nitrogen functional groups attached to an aromatic ring is 1. The van der Waals surface area contributed by atoms with Crippen LogP contribution in [0.1, 0.15) is 83.1 Å². The minimum Gasteiger partial charge on any atom is -0.454 e. The van der Waals surface area contributed by atoms with E-state index in [4.69, 9.17) is 34.2 Å². The first-order valence-electron chi connectivity index (χ1n) is 14.8. The second kappa shape index (κ2) is 13.2. The van der Waals surface area contributed by atoms with Gasteiger partial charge in [-0.3, -0.25) is 23.9 Å². The van der Waals surface area contributed by atoms with Gasteiger partial charge in [-0.1, -0.05) is 27.7 Å². The van der Waals surface area contributed by atoms with Gasteiger partial charge in [-0.2, -0.15) is 4.98 Å². The van der Waals surface area contributed by atoms with E-state index >= 15 is 0 Å². The third-order valence-corrected chi connectivity index (χ3v) is 7.61. The Labute approximate surface area is 243 Å². The smallest absolute Gasteiger partial charge is 0.308 e. The van der Waals surface area contributed by atoms with Crippen molar-refractivity contribution in [2.24, 2.45) is 11.8 Å². The van der Waals surface area contributed by atoms with Crippen LogP contribution in [0, 0.1) is 11.8 Å². The third-order valence-electron chi connectivity index (χ3n) is 7.61. The zero-order valence-corrected chi connectivity index (χ0v) is 24.6. The number of nitrogens with two attached hydrogens (primary N) is 1. The Morgan fingerprint density at radius 1 is 1.00 bits per heavy atom. The number of aromatic amines is 1. The Kier molecular flexibility index (Phi) is 9.57. The van der Waals surface area contributed by atoms with E-state index in [1.807, 2.05) is 0 Å². The number of nitrogens with zero attached hydrogens (tertiary/aromatic N) is 3. The molecule has 232 valence electrons. The number of nitrogens with one attached hydrogen (secondary N) is 1. The molecule has 2 aromatic heterocycles. The van der Waals surface area contributed by atoms with Crippen molar-refractivity contribution in [3.8, 4) is 0 Å². The summed E-state index contributed by atoms with van der Waals surface area (Å²) in [5, 5.41) is 0. The van der Waals surface area contributed by atoms with E-state index in [0.29, 0.717) is 19.6 Å². The molecule has 14 nitrogen and oxygen atoms in total. The average molecular weight is 592 g/mol. The second-order valence-corrected chi connectivity index (χ2v) is 11.6. The predicted molar refractivity (Wildman–Crippen MR) is 148 cm³/mol. The normalized spacial score (nSPS) is 28.5. The van der Waals surface area contributed by atoms with Gasteiger partial charge in [0.25, 0.3) is 5.56 Å². The molecule has 3 N–H and O–H groups in total. The van der Waals surface area contributed by atoms with Gasteiger partial charge >= 0.3 is 5.97 Å². The number of hydrogen-bond acceptors (Lipinski definition) is 12. The Bertz CT molecular complexity index is 1310. The van der Waals surface area contributed by atoms with Crippen molar-refractivity contribution in [3.63, 3.8) is 0 Å². The Hall–Kier alpha value is -2.91. The molecule has 5 heterocycles. The fourth-order valence-electron chi connectivity index (χ4n) is 5.32. The molecule has 0 radical (unpaired) electrons. The summed E-state index contributed by atoms with van der Waals surface area (Å²) in [5.74, 6) is -2.01. The first kappa shape index (κ1) is 30.5. The van der Waals surface area contributed by atoms with Crippen LogP contribution in [0.15, 0.2) is 4.79 Å². The van der Waals surface area contributed by atoms with Gasteiger partial charge in [-0.15, -0.1) is 0 Å². The van der Waals surface area contributed by atoms with Crippen LogP contribution in [0.25, 0.3) is 11.2 Å². The summed E-state index contributed by atoms with van der Waals surface area (Å²) >= 11 is 0. The molecule has 0 aliphatic carbocycles. The second-order valence-electron chi connectivity index (χ2n) is 11.6. The number of ketones is 1. The SMILES string of the molecule is CC(C)C(=O)O[C@@H]1C(n2c(C(=O)C(C)C)nc3c(=O)[nH]c(N)nc32)O[C@H](COC2CCCCO2)[C@H]1OC1CCCCO1. The molecule has 0 saturated carbocycles. The molecule has 3 aliphatic heterocycles. The number of fused-ring (bicyclic) bond motifs is 1. The van der Waals surface area contributed by atoms with Crippen molar-refractivity contribution in [1.29, 1.82) is 0 Å². The Morgan fingerprint density at radius 3 is 2.31 bits per heavy atom. The van der Waals surface area contributed by atoms with E-state index in [1.54, 1.807) is 27.7 Å². The molecule has 3 aliphatic rings. The molecule has 2 aromatic rings. The minimum atomic E-state index is -1.14. The van der Waals surface area contributed by atoms with Crippen molar-refractivity contribution in [2.45, 2.75) is 103 Å². The summed E-state index contributed by atoms with van der Waals surface area (Å²) in [6.45, 7) is 8.08. The lowest BCUT2D eigenvalue weighted by atomic mass is 10.1. The van der Waals surface area contributed by atoms with Gasteiger partial charge in [0.2, 0.25) is 11.7 Å². The van der Waals surface area contributed by atoms with Gasteiger partial charge in [0.15, 0.2) is 41.9 Å². The summed E-state index contributed by atoms with van der Waals surface area (Å²) in [5.41, 5.74) is 5.24. The number of anilines is 1. The minimum absolute atomic E-state index is 0.0284. The summed E-state index contributed by atoms with van der Waals surface area (Å²) < 4.78 is 38.2. The van der Waals surface area contributed by atoms with Gasteiger partial charge < -0.3 is 34.2 Å². The number of H-pyrrole nitrogens is 1. The van der Waals surface area contributed by atoms with E-state index in [9.17, 15) is 14.4 Å². The van der Waals surface area contributed by atoms with Gasteiger partial charge in [0.05, 0.1) is 12.5 Å². The number of aromatic nitrogens is 4. The number of Topliss-reactive ketones (excluding diaryl/α,β-unsaturated/α-hetero) is 1. The van der Waals surface area contributed by atoms with Crippen molar-refractivity contribution in [3.05, 3.63) is 16.2 Å². The summed E-state index contributed by atoms with van der Waals surface area (Å²) in [6, 6.07) is 0. The molecule has 0 bridgehead atoms. The molecule has 3 fully saturated rings. The highest BCUT2D eigenvalue weighted by Crippen LogP contribution is 2.39. The fraction of sp³-hybridized carbons (Fsp3) is 0.750. The number of ether oxygens (including phenoxy) is 6. The van der Waals surface area contributed by atoms with E-state index < -0.39 is 60.5 Å². The van der Waals surface area contributed by atoms with Crippen molar-refractivity contribution >= 4 is 28.9 Å². The van der Waals surface area contributed by atoms with Gasteiger partial charge in [0.1, 0.15) is 12.2 Å². The largest absolute Gasteiger partial charge is 0.454 e. The first-order valence-corrected chi connectivity index (χ1v) is 14.8. The number of hydrogen-bond donors (Lipinski definition) is 2. The summed E-state index contributed by atoms with van der Waals surface area (Å²) in [7, 11) is 0. The number of carbonyl (C=O) groups is 2. The zero-order chi connectivity index (χ0) is 30.0. The van der Waals surface area contributed by atoms with Crippen molar-refractivity contribution in [1.82, 2.24) is 19.5 Å². The maximum atomic E-state index is 13.4. The van der Waals surface area contributed by atoms with E-state index in [0.717, 1.165) is 32.1 Å². The topological polar surface area (TPSA) is 179 Å². The lowest BCUT2D eigenvalue weighted by Crippen LogP contribution is -2.44. The molecule has 3 unspecified atom stereocenters. The van der Waals surface area contributed by atoms with Crippen molar-refractivity contribution < 1.29 is 38.0 Å². The Morgan fingerprint density at radius 2 is 1.69 bits per heavy atom.